The lowest BCUT2D eigenvalue weighted by molar-refractivity contribution is 0.0978. The van der Waals surface area contributed by atoms with Crippen LogP contribution >= 0.6 is 0 Å². The van der Waals surface area contributed by atoms with Crippen molar-refractivity contribution in [3.8, 4) is 0 Å². The molecule has 0 saturated heterocycles. The summed E-state index contributed by atoms with van der Waals surface area (Å²) in [6.07, 6.45) is 0. The zero-order valence-corrected chi connectivity index (χ0v) is 11.4. The van der Waals surface area contributed by atoms with Crippen LogP contribution in [-0.2, 0) is 0 Å². The van der Waals surface area contributed by atoms with Crippen LogP contribution in [-0.4, -0.2) is 11.6 Å². The number of benzene rings is 2. The third kappa shape index (κ3) is 1.59. The number of ketones is 2. The summed E-state index contributed by atoms with van der Waals surface area (Å²) in [4.78, 5) is 25.3. The second-order valence-electron chi connectivity index (χ2n) is 5.35. The minimum absolute atomic E-state index is 0.105. The molecule has 0 unspecified atom stereocenters. The van der Waals surface area contributed by atoms with Crippen LogP contribution in [0, 0.1) is 0 Å². The third-order valence-electron chi connectivity index (χ3n) is 3.76. The number of anilines is 1. The van der Waals surface area contributed by atoms with Crippen LogP contribution in [0.1, 0.15) is 57.2 Å². The standard InChI is InChI=1S/C17H15NO2/c1-9(2)10-7-8-13(18)15-14(10)16(19)11-5-3-4-6-12(11)17(15)20/h3-9H,18H2,1-2H3. The molecule has 0 amide bonds. The smallest absolute Gasteiger partial charge is 0.196 e. The first-order chi connectivity index (χ1) is 9.52. The highest BCUT2D eigenvalue weighted by atomic mass is 16.1. The molecule has 0 atom stereocenters. The van der Waals surface area contributed by atoms with Crippen LogP contribution in [0.15, 0.2) is 36.4 Å². The first-order valence-electron chi connectivity index (χ1n) is 6.63. The van der Waals surface area contributed by atoms with Gasteiger partial charge in [-0.3, -0.25) is 9.59 Å². The Morgan fingerprint density at radius 3 is 1.95 bits per heavy atom. The Labute approximate surface area is 117 Å². The fourth-order valence-electron chi connectivity index (χ4n) is 2.75. The van der Waals surface area contributed by atoms with Gasteiger partial charge >= 0.3 is 0 Å². The number of nitrogen functional groups attached to an aromatic ring is 1. The molecule has 2 aromatic carbocycles. The van der Waals surface area contributed by atoms with Crippen molar-refractivity contribution in [1.29, 1.82) is 0 Å². The van der Waals surface area contributed by atoms with Gasteiger partial charge in [-0.1, -0.05) is 44.2 Å². The predicted molar refractivity (Wildman–Crippen MR) is 78.3 cm³/mol. The number of carbonyl (C=O) groups excluding carboxylic acids is 2. The van der Waals surface area contributed by atoms with E-state index in [4.69, 9.17) is 5.73 Å². The highest BCUT2D eigenvalue weighted by Crippen LogP contribution is 2.35. The minimum Gasteiger partial charge on any atom is -0.398 e. The molecule has 0 aromatic heterocycles. The van der Waals surface area contributed by atoms with E-state index in [0.29, 0.717) is 27.9 Å². The summed E-state index contributed by atoms with van der Waals surface area (Å²) < 4.78 is 0. The summed E-state index contributed by atoms with van der Waals surface area (Å²) in [6, 6.07) is 10.5. The van der Waals surface area contributed by atoms with Gasteiger partial charge in [0.2, 0.25) is 0 Å². The number of hydrogen-bond acceptors (Lipinski definition) is 3. The summed E-state index contributed by atoms with van der Waals surface area (Å²) in [5, 5.41) is 0. The van der Waals surface area contributed by atoms with Gasteiger partial charge in [0, 0.05) is 22.4 Å². The molecule has 0 bridgehead atoms. The van der Waals surface area contributed by atoms with Gasteiger partial charge in [0.05, 0.1) is 5.56 Å². The van der Waals surface area contributed by atoms with Crippen molar-refractivity contribution in [3.05, 3.63) is 64.2 Å². The molecular weight excluding hydrogens is 250 g/mol. The van der Waals surface area contributed by atoms with Crippen LogP contribution < -0.4 is 5.73 Å². The highest BCUT2D eigenvalue weighted by Gasteiger charge is 2.33. The van der Waals surface area contributed by atoms with Gasteiger partial charge in [0.15, 0.2) is 11.6 Å². The molecule has 0 heterocycles. The van der Waals surface area contributed by atoms with E-state index in [1.807, 2.05) is 19.9 Å². The molecule has 100 valence electrons. The zero-order chi connectivity index (χ0) is 14.4. The predicted octanol–water partition coefficient (Wildman–Crippen LogP) is 3.17. The number of rotatable bonds is 1. The van der Waals surface area contributed by atoms with Crippen molar-refractivity contribution in [2.45, 2.75) is 19.8 Å². The molecule has 3 nitrogen and oxygen atoms in total. The van der Waals surface area contributed by atoms with Crippen molar-refractivity contribution in [2.24, 2.45) is 0 Å². The van der Waals surface area contributed by atoms with E-state index < -0.39 is 0 Å². The Kier molecular flexibility index (Phi) is 2.71. The monoisotopic (exact) mass is 265 g/mol. The molecule has 0 saturated carbocycles. The maximum absolute atomic E-state index is 12.7. The van der Waals surface area contributed by atoms with Crippen molar-refractivity contribution in [3.63, 3.8) is 0 Å². The molecule has 1 aliphatic carbocycles. The van der Waals surface area contributed by atoms with Crippen molar-refractivity contribution < 1.29 is 9.59 Å². The summed E-state index contributed by atoms with van der Waals surface area (Å²) in [6.45, 7) is 4.01. The lowest BCUT2D eigenvalue weighted by Gasteiger charge is -2.23. The van der Waals surface area contributed by atoms with Crippen molar-refractivity contribution in [2.75, 3.05) is 5.73 Å². The molecular formula is C17H15NO2. The van der Waals surface area contributed by atoms with Crippen LogP contribution in [0.4, 0.5) is 5.69 Å². The Hall–Kier alpha value is -2.42. The molecule has 2 N–H and O–H groups in total. The van der Waals surface area contributed by atoms with E-state index in [2.05, 4.69) is 0 Å². The second kappa shape index (κ2) is 4.30. The topological polar surface area (TPSA) is 60.2 Å². The lowest BCUT2D eigenvalue weighted by Crippen LogP contribution is -2.24. The SMILES string of the molecule is CC(C)c1ccc(N)c2c1C(=O)c1ccccc1C2=O. The molecule has 0 fully saturated rings. The largest absolute Gasteiger partial charge is 0.398 e. The van der Waals surface area contributed by atoms with Crippen LogP contribution in [0.25, 0.3) is 0 Å². The number of hydrogen-bond donors (Lipinski definition) is 1. The molecule has 2 aromatic rings. The number of carbonyl (C=O) groups is 2. The normalized spacial score (nSPS) is 13.3. The Morgan fingerprint density at radius 2 is 1.40 bits per heavy atom. The van der Waals surface area contributed by atoms with Crippen LogP contribution in [0.2, 0.25) is 0 Å². The fourth-order valence-corrected chi connectivity index (χ4v) is 2.75. The van der Waals surface area contributed by atoms with Gasteiger partial charge < -0.3 is 5.73 Å². The van der Waals surface area contributed by atoms with Crippen molar-refractivity contribution >= 4 is 17.3 Å². The zero-order valence-electron chi connectivity index (χ0n) is 11.4. The van der Waals surface area contributed by atoms with Gasteiger partial charge in [0.1, 0.15) is 0 Å². The summed E-state index contributed by atoms with van der Waals surface area (Å²) >= 11 is 0. The van der Waals surface area contributed by atoms with Gasteiger partial charge in [0.25, 0.3) is 0 Å². The van der Waals surface area contributed by atoms with E-state index in [0.717, 1.165) is 5.56 Å². The van der Waals surface area contributed by atoms with Gasteiger partial charge in [-0.25, -0.2) is 0 Å². The van der Waals surface area contributed by atoms with E-state index in [1.54, 1.807) is 30.3 Å². The summed E-state index contributed by atoms with van der Waals surface area (Å²) in [5.74, 6) is -0.104. The van der Waals surface area contributed by atoms with E-state index in [1.165, 1.54) is 0 Å². The van der Waals surface area contributed by atoms with Crippen LogP contribution in [0.5, 0.6) is 0 Å². The third-order valence-corrected chi connectivity index (χ3v) is 3.76. The molecule has 3 heteroatoms. The molecule has 3 rings (SSSR count). The highest BCUT2D eigenvalue weighted by molar-refractivity contribution is 6.30. The fraction of sp³-hybridized carbons (Fsp3) is 0.176. The Bertz CT molecular complexity index is 745. The second-order valence-corrected chi connectivity index (χ2v) is 5.35. The lowest BCUT2D eigenvalue weighted by atomic mass is 9.79. The molecule has 1 aliphatic rings. The summed E-state index contributed by atoms with van der Waals surface area (Å²) in [5.41, 5.74) is 8.95. The summed E-state index contributed by atoms with van der Waals surface area (Å²) in [7, 11) is 0. The van der Waals surface area contributed by atoms with Gasteiger partial charge in [-0.2, -0.15) is 0 Å². The average Bonchev–Trinajstić information content (AvgIpc) is 2.44. The Balaban J connectivity index is 2.38. The maximum atomic E-state index is 12.7. The average molecular weight is 265 g/mol. The first-order valence-corrected chi connectivity index (χ1v) is 6.63. The molecule has 20 heavy (non-hydrogen) atoms. The van der Waals surface area contributed by atoms with E-state index >= 15 is 0 Å². The number of nitrogens with two attached hydrogens (primary N) is 1. The van der Waals surface area contributed by atoms with Gasteiger partial charge in [-0.15, -0.1) is 0 Å². The van der Waals surface area contributed by atoms with Gasteiger partial charge in [-0.05, 0) is 17.5 Å². The van der Waals surface area contributed by atoms with E-state index in [9.17, 15) is 9.59 Å². The first kappa shape index (κ1) is 12.6. The maximum Gasteiger partial charge on any atom is 0.196 e. The minimum atomic E-state index is -0.157. The molecule has 0 spiro atoms. The molecule has 0 aliphatic heterocycles. The number of fused-ring (bicyclic) bond motifs is 2. The van der Waals surface area contributed by atoms with Crippen molar-refractivity contribution in [1.82, 2.24) is 0 Å². The quantitative estimate of drug-likeness (QED) is 0.687. The molecule has 0 radical (unpaired) electrons. The van der Waals surface area contributed by atoms with E-state index in [-0.39, 0.29) is 17.5 Å². The van der Waals surface area contributed by atoms with Crippen LogP contribution in [0.3, 0.4) is 0 Å². The Morgan fingerprint density at radius 1 is 0.850 bits per heavy atom.